The highest BCUT2D eigenvalue weighted by atomic mass is 19.1. The molecule has 2 nitrogen and oxygen atoms in total. The minimum Gasteiger partial charge on any atom is -0.323 e. The molecular weight excluding hydrogens is 272 g/mol. The smallest absolute Gasteiger partial charge is 0.231 e. The van der Waals surface area contributed by atoms with E-state index >= 15 is 0 Å². The molecule has 0 aliphatic carbocycles. The molecule has 0 bridgehead atoms. The van der Waals surface area contributed by atoms with Gasteiger partial charge in [-0.05, 0) is 24.1 Å². The highest BCUT2D eigenvalue weighted by Crippen LogP contribution is 2.24. The van der Waals surface area contributed by atoms with Crippen LogP contribution in [0.4, 0.5) is 14.5 Å². The Labute approximate surface area is 122 Å². The number of rotatable bonds is 5. The second-order valence-electron chi connectivity index (χ2n) is 4.87. The van der Waals surface area contributed by atoms with Crippen molar-refractivity contribution < 1.29 is 13.6 Å². The maximum Gasteiger partial charge on any atom is 0.231 e. The SMILES string of the molecule is CCCC(C(=O)Nc1cc(F)ccc1F)c1ccccc1. The number of halogens is 2. The van der Waals surface area contributed by atoms with Gasteiger partial charge in [0.25, 0.3) is 0 Å². The molecule has 0 heterocycles. The average molecular weight is 289 g/mol. The fraction of sp³-hybridized carbons (Fsp3) is 0.235. The molecule has 1 unspecified atom stereocenters. The van der Waals surface area contributed by atoms with E-state index in [1.165, 1.54) is 0 Å². The molecule has 2 aromatic rings. The van der Waals surface area contributed by atoms with Gasteiger partial charge in [-0.2, -0.15) is 0 Å². The van der Waals surface area contributed by atoms with Gasteiger partial charge in [0.2, 0.25) is 5.91 Å². The van der Waals surface area contributed by atoms with Crippen LogP contribution in [0.1, 0.15) is 31.2 Å². The van der Waals surface area contributed by atoms with Crippen LogP contribution in [-0.4, -0.2) is 5.91 Å². The second-order valence-corrected chi connectivity index (χ2v) is 4.87. The molecule has 1 N–H and O–H groups in total. The lowest BCUT2D eigenvalue weighted by molar-refractivity contribution is -0.117. The number of hydrogen-bond donors (Lipinski definition) is 1. The van der Waals surface area contributed by atoms with E-state index in [4.69, 9.17) is 0 Å². The maximum atomic E-state index is 13.6. The lowest BCUT2D eigenvalue weighted by atomic mass is 9.93. The molecule has 21 heavy (non-hydrogen) atoms. The van der Waals surface area contributed by atoms with Crippen LogP contribution in [0.5, 0.6) is 0 Å². The Morgan fingerprint density at radius 2 is 1.86 bits per heavy atom. The Bertz CT molecular complexity index is 613. The predicted octanol–water partition coefficient (Wildman–Crippen LogP) is 4.49. The monoisotopic (exact) mass is 289 g/mol. The van der Waals surface area contributed by atoms with Crippen molar-refractivity contribution in [3.63, 3.8) is 0 Å². The van der Waals surface area contributed by atoms with Crippen LogP contribution in [-0.2, 0) is 4.79 Å². The van der Waals surface area contributed by atoms with E-state index < -0.39 is 11.6 Å². The first-order valence-electron chi connectivity index (χ1n) is 6.92. The fourth-order valence-electron chi connectivity index (χ4n) is 2.24. The summed E-state index contributed by atoms with van der Waals surface area (Å²) in [5.41, 5.74) is 0.741. The summed E-state index contributed by atoms with van der Waals surface area (Å²) >= 11 is 0. The Hall–Kier alpha value is -2.23. The maximum absolute atomic E-state index is 13.6. The van der Waals surface area contributed by atoms with Crippen molar-refractivity contribution in [1.82, 2.24) is 0 Å². The van der Waals surface area contributed by atoms with Gasteiger partial charge < -0.3 is 5.32 Å². The molecule has 1 atom stereocenters. The molecular formula is C17H17F2NO. The van der Waals surface area contributed by atoms with Crippen LogP contribution in [0.3, 0.4) is 0 Å². The number of carbonyl (C=O) groups excluding carboxylic acids is 1. The van der Waals surface area contributed by atoms with Gasteiger partial charge in [0.1, 0.15) is 11.6 Å². The third kappa shape index (κ3) is 3.88. The largest absolute Gasteiger partial charge is 0.323 e. The number of nitrogens with one attached hydrogen (secondary N) is 1. The van der Waals surface area contributed by atoms with Gasteiger partial charge in [-0.3, -0.25) is 4.79 Å². The van der Waals surface area contributed by atoms with Gasteiger partial charge >= 0.3 is 0 Å². The van der Waals surface area contributed by atoms with E-state index in [0.29, 0.717) is 6.42 Å². The highest BCUT2D eigenvalue weighted by Gasteiger charge is 2.20. The number of benzene rings is 2. The molecule has 2 rings (SSSR count). The average Bonchev–Trinajstić information content (AvgIpc) is 2.49. The molecule has 0 saturated heterocycles. The molecule has 110 valence electrons. The zero-order valence-corrected chi connectivity index (χ0v) is 11.8. The zero-order chi connectivity index (χ0) is 15.2. The Kier molecular flexibility index (Phi) is 5.04. The summed E-state index contributed by atoms with van der Waals surface area (Å²) in [6, 6.07) is 12.3. The summed E-state index contributed by atoms with van der Waals surface area (Å²) in [5.74, 6) is -1.93. The molecule has 0 saturated carbocycles. The molecule has 2 aromatic carbocycles. The minimum absolute atomic E-state index is 0.128. The first-order valence-corrected chi connectivity index (χ1v) is 6.92. The molecule has 0 aliphatic heterocycles. The summed E-state index contributed by atoms with van der Waals surface area (Å²) in [6.45, 7) is 1.98. The standard InChI is InChI=1S/C17H17F2NO/c1-2-6-14(12-7-4-3-5-8-12)17(21)20-16-11-13(18)9-10-15(16)19/h3-5,7-11,14H,2,6H2,1H3,(H,20,21). The first-order chi connectivity index (χ1) is 10.1. The van der Waals surface area contributed by atoms with Gasteiger partial charge in [-0.1, -0.05) is 43.7 Å². The molecule has 1 amide bonds. The van der Waals surface area contributed by atoms with Crippen molar-refractivity contribution in [3.05, 3.63) is 65.7 Å². The topological polar surface area (TPSA) is 29.1 Å². The van der Waals surface area contributed by atoms with E-state index in [2.05, 4.69) is 5.32 Å². The first kappa shape index (κ1) is 15.2. The molecule has 0 fully saturated rings. The zero-order valence-electron chi connectivity index (χ0n) is 11.8. The minimum atomic E-state index is -0.645. The van der Waals surface area contributed by atoms with E-state index in [1.807, 2.05) is 37.3 Å². The van der Waals surface area contributed by atoms with Gasteiger partial charge in [0, 0.05) is 6.07 Å². The summed E-state index contributed by atoms with van der Waals surface area (Å²) in [5, 5.41) is 2.48. The van der Waals surface area contributed by atoms with Crippen LogP contribution in [0, 0.1) is 11.6 Å². The van der Waals surface area contributed by atoms with Crippen molar-refractivity contribution in [3.8, 4) is 0 Å². The van der Waals surface area contributed by atoms with E-state index in [9.17, 15) is 13.6 Å². The second kappa shape index (κ2) is 6.97. The molecule has 0 spiro atoms. The van der Waals surface area contributed by atoms with Crippen LogP contribution >= 0.6 is 0 Å². The molecule has 0 aromatic heterocycles. The quantitative estimate of drug-likeness (QED) is 0.863. The van der Waals surface area contributed by atoms with E-state index in [0.717, 1.165) is 30.2 Å². The van der Waals surface area contributed by atoms with E-state index in [1.54, 1.807) is 0 Å². The van der Waals surface area contributed by atoms with Crippen molar-refractivity contribution in [2.24, 2.45) is 0 Å². The number of carbonyl (C=O) groups is 1. The van der Waals surface area contributed by atoms with Crippen molar-refractivity contribution in [2.45, 2.75) is 25.7 Å². The van der Waals surface area contributed by atoms with Crippen molar-refractivity contribution in [1.29, 1.82) is 0 Å². The lowest BCUT2D eigenvalue weighted by Crippen LogP contribution is -2.21. The summed E-state index contributed by atoms with van der Waals surface area (Å²) in [6.07, 6.45) is 1.46. The van der Waals surface area contributed by atoms with Gasteiger partial charge in [-0.15, -0.1) is 0 Å². The highest BCUT2D eigenvalue weighted by molar-refractivity contribution is 5.95. The molecule has 0 aliphatic rings. The number of anilines is 1. The Morgan fingerprint density at radius 1 is 1.14 bits per heavy atom. The van der Waals surface area contributed by atoms with Gasteiger partial charge in [-0.25, -0.2) is 8.78 Å². The summed E-state index contributed by atoms with van der Waals surface area (Å²) in [4.78, 5) is 12.4. The molecule has 4 heteroatoms. The third-order valence-corrected chi connectivity index (χ3v) is 3.28. The third-order valence-electron chi connectivity index (χ3n) is 3.28. The Morgan fingerprint density at radius 3 is 2.52 bits per heavy atom. The number of hydrogen-bond acceptors (Lipinski definition) is 1. The van der Waals surface area contributed by atoms with Gasteiger partial charge in [0.05, 0.1) is 11.6 Å². The van der Waals surface area contributed by atoms with Crippen LogP contribution in [0.25, 0.3) is 0 Å². The lowest BCUT2D eigenvalue weighted by Gasteiger charge is -2.17. The van der Waals surface area contributed by atoms with Gasteiger partial charge in [0.15, 0.2) is 0 Å². The summed E-state index contributed by atoms with van der Waals surface area (Å²) < 4.78 is 26.8. The normalized spacial score (nSPS) is 12.0. The fourth-order valence-corrected chi connectivity index (χ4v) is 2.24. The van der Waals surface area contributed by atoms with E-state index in [-0.39, 0.29) is 17.5 Å². The van der Waals surface area contributed by atoms with Crippen molar-refractivity contribution in [2.75, 3.05) is 5.32 Å². The predicted molar refractivity (Wildman–Crippen MR) is 79.1 cm³/mol. The summed E-state index contributed by atoms with van der Waals surface area (Å²) in [7, 11) is 0. The van der Waals surface area contributed by atoms with Crippen LogP contribution in [0.2, 0.25) is 0 Å². The van der Waals surface area contributed by atoms with Crippen LogP contribution < -0.4 is 5.32 Å². The number of amides is 1. The Balaban J connectivity index is 2.21. The van der Waals surface area contributed by atoms with Crippen molar-refractivity contribution >= 4 is 11.6 Å². The van der Waals surface area contributed by atoms with Crippen LogP contribution in [0.15, 0.2) is 48.5 Å². The molecule has 0 radical (unpaired) electrons.